The van der Waals surface area contributed by atoms with Crippen LogP contribution in [0.5, 0.6) is 0 Å². The third-order valence-electron chi connectivity index (χ3n) is 3.25. The molecule has 0 spiro atoms. The van der Waals surface area contributed by atoms with Gasteiger partial charge < -0.3 is 4.90 Å². The largest absolute Gasteiger partial charge is 0.303 e. The minimum atomic E-state index is 0.339. The first-order valence-electron chi connectivity index (χ1n) is 6.46. The molecular formula is C15H23NO. The van der Waals surface area contributed by atoms with E-state index >= 15 is 0 Å². The lowest BCUT2D eigenvalue weighted by molar-refractivity contribution is -0.118. The van der Waals surface area contributed by atoms with Crippen LogP contribution in [0, 0.1) is 6.92 Å². The lowest BCUT2D eigenvalue weighted by Crippen LogP contribution is -2.26. The fourth-order valence-electron chi connectivity index (χ4n) is 1.93. The Morgan fingerprint density at radius 1 is 1.18 bits per heavy atom. The van der Waals surface area contributed by atoms with Gasteiger partial charge in [-0.25, -0.2) is 0 Å². The van der Waals surface area contributed by atoms with Gasteiger partial charge in [-0.3, -0.25) is 4.79 Å². The van der Waals surface area contributed by atoms with Crippen molar-refractivity contribution in [2.45, 2.75) is 33.6 Å². The van der Waals surface area contributed by atoms with E-state index in [1.807, 2.05) is 18.2 Å². The van der Waals surface area contributed by atoms with Crippen molar-refractivity contribution in [3.63, 3.8) is 0 Å². The molecule has 0 aliphatic rings. The van der Waals surface area contributed by atoms with Crippen LogP contribution >= 0.6 is 0 Å². The number of hydrogen-bond acceptors (Lipinski definition) is 2. The normalized spacial score (nSPS) is 10.8. The van der Waals surface area contributed by atoms with E-state index in [1.54, 1.807) is 0 Å². The minimum Gasteiger partial charge on any atom is -0.303 e. The van der Waals surface area contributed by atoms with Gasteiger partial charge >= 0.3 is 0 Å². The number of aryl methyl sites for hydroxylation is 1. The van der Waals surface area contributed by atoms with Crippen LogP contribution in [0.25, 0.3) is 0 Å². The molecule has 94 valence electrons. The monoisotopic (exact) mass is 233 g/mol. The predicted molar refractivity (Wildman–Crippen MR) is 72.3 cm³/mol. The molecule has 0 aliphatic heterocycles. The Labute approximate surface area is 105 Å². The number of nitrogens with zero attached hydrogens (tertiary/aromatic N) is 1. The van der Waals surface area contributed by atoms with Crippen LogP contribution < -0.4 is 0 Å². The maximum atomic E-state index is 11.9. The number of carbonyl (C=O) groups is 1. The maximum Gasteiger partial charge on any atom is 0.138 e. The third kappa shape index (κ3) is 4.70. The van der Waals surface area contributed by atoms with Crippen LogP contribution in [0.15, 0.2) is 24.3 Å². The standard InChI is InChI=1S/C15H23NO/c1-4-16(5-2)11-10-15(17)12-14-9-7-6-8-13(14)3/h6-9H,4-5,10-12H2,1-3H3. The number of benzene rings is 1. The van der Waals surface area contributed by atoms with Crippen molar-refractivity contribution in [3.05, 3.63) is 35.4 Å². The van der Waals surface area contributed by atoms with Gasteiger partial charge in [-0.2, -0.15) is 0 Å². The molecule has 0 heterocycles. The number of carbonyl (C=O) groups excluding carboxylic acids is 1. The quantitative estimate of drug-likeness (QED) is 0.722. The van der Waals surface area contributed by atoms with E-state index in [9.17, 15) is 4.79 Å². The van der Waals surface area contributed by atoms with Crippen molar-refractivity contribution < 1.29 is 4.79 Å². The van der Waals surface area contributed by atoms with Gasteiger partial charge in [-0.05, 0) is 31.1 Å². The number of ketones is 1. The predicted octanol–water partition coefficient (Wildman–Crippen LogP) is 2.84. The summed E-state index contributed by atoms with van der Waals surface area (Å²) in [6.07, 6.45) is 1.24. The van der Waals surface area contributed by atoms with Gasteiger partial charge in [0, 0.05) is 19.4 Å². The summed E-state index contributed by atoms with van der Waals surface area (Å²) in [4.78, 5) is 14.2. The molecule has 1 aromatic rings. The molecule has 0 amide bonds. The lowest BCUT2D eigenvalue weighted by atomic mass is 10.0. The molecule has 2 nitrogen and oxygen atoms in total. The zero-order valence-electron chi connectivity index (χ0n) is 11.2. The van der Waals surface area contributed by atoms with E-state index in [1.165, 1.54) is 5.56 Å². The van der Waals surface area contributed by atoms with Crippen LogP contribution in [0.1, 0.15) is 31.4 Å². The average Bonchev–Trinajstić information content (AvgIpc) is 2.33. The summed E-state index contributed by atoms with van der Waals surface area (Å²) in [6.45, 7) is 9.26. The molecule has 1 rings (SSSR count). The lowest BCUT2D eigenvalue weighted by Gasteiger charge is -2.17. The molecular weight excluding hydrogens is 210 g/mol. The Balaban J connectivity index is 2.42. The number of Topliss-reactive ketones (excluding diaryl/α,β-unsaturated/α-hetero) is 1. The topological polar surface area (TPSA) is 20.3 Å². The smallest absolute Gasteiger partial charge is 0.138 e. The van der Waals surface area contributed by atoms with Gasteiger partial charge in [0.15, 0.2) is 0 Å². The van der Waals surface area contributed by atoms with E-state index in [4.69, 9.17) is 0 Å². The molecule has 1 aromatic carbocycles. The third-order valence-corrected chi connectivity index (χ3v) is 3.25. The highest BCUT2D eigenvalue weighted by Gasteiger charge is 2.07. The molecule has 0 saturated carbocycles. The second kappa shape index (κ2) is 7.23. The van der Waals surface area contributed by atoms with Crippen molar-refractivity contribution in [2.24, 2.45) is 0 Å². The molecule has 2 heteroatoms. The van der Waals surface area contributed by atoms with Gasteiger partial charge in [-0.15, -0.1) is 0 Å². The maximum absolute atomic E-state index is 11.9. The highest BCUT2D eigenvalue weighted by atomic mass is 16.1. The highest BCUT2D eigenvalue weighted by Crippen LogP contribution is 2.09. The summed E-state index contributed by atoms with van der Waals surface area (Å²) in [5.41, 5.74) is 2.38. The van der Waals surface area contributed by atoms with Crippen LogP contribution in [0.4, 0.5) is 0 Å². The van der Waals surface area contributed by atoms with Crippen molar-refractivity contribution in [1.82, 2.24) is 4.90 Å². The average molecular weight is 233 g/mol. The van der Waals surface area contributed by atoms with Gasteiger partial charge in [0.25, 0.3) is 0 Å². The molecule has 0 fully saturated rings. The van der Waals surface area contributed by atoms with Crippen molar-refractivity contribution >= 4 is 5.78 Å². The molecule has 0 aliphatic carbocycles. The minimum absolute atomic E-state index is 0.339. The van der Waals surface area contributed by atoms with Gasteiger partial charge in [-0.1, -0.05) is 38.1 Å². The van der Waals surface area contributed by atoms with Crippen molar-refractivity contribution in [3.8, 4) is 0 Å². The van der Waals surface area contributed by atoms with Gasteiger partial charge in [0.05, 0.1) is 0 Å². The van der Waals surface area contributed by atoms with Crippen LogP contribution in [0.3, 0.4) is 0 Å². The Morgan fingerprint density at radius 2 is 1.82 bits per heavy atom. The van der Waals surface area contributed by atoms with Crippen LogP contribution in [-0.4, -0.2) is 30.3 Å². The summed E-state index contributed by atoms with van der Waals surface area (Å²) in [7, 11) is 0. The molecule has 0 atom stereocenters. The summed E-state index contributed by atoms with van der Waals surface area (Å²) in [5.74, 6) is 0.339. The van der Waals surface area contributed by atoms with Crippen molar-refractivity contribution in [1.29, 1.82) is 0 Å². The Hall–Kier alpha value is -1.15. The zero-order chi connectivity index (χ0) is 12.7. The van der Waals surface area contributed by atoms with Crippen LogP contribution in [-0.2, 0) is 11.2 Å². The Morgan fingerprint density at radius 3 is 2.41 bits per heavy atom. The van der Waals surface area contributed by atoms with Crippen LogP contribution in [0.2, 0.25) is 0 Å². The second-order valence-corrected chi connectivity index (χ2v) is 4.42. The number of rotatable bonds is 7. The first-order chi connectivity index (χ1) is 8.17. The van der Waals surface area contributed by atoms with E-state index < -0.39 is 0 Å². The summed E-state index contributed by atoms with van der Waals surface area (Å²) in [6, 6.07) is 8.12. The highest BCUT2D eigenvalue weighted by molar-refractivity contribution is 5.81. The Kier molecular flexibility index (Phi) is 5.92. The first kappa shape index (κ1) is 13.9. The van der Waals surface area contributed by atoms with E-state index in [2.05, 4.69) is 31.7 Å². The summed E-state index contributed by atoms with van der Waals surface area (Å²) in [5, 5.41) is 0. The first-order valence-corrected chi connectivity index (χ1v) is 6.46. The molecule has 0 bridgehead atoms. The SMILES string of the molecule is CCN(CC)CCC(=O)Cc1ccccc1C. The molecule has 0 aromatic heterocycles. The molecule has 17 heavy (non-hydrogen) atoms. The fraction of sp³-hybridized carbons (Fsp3) is 0.533. The summed E-state index contributed by atoms with van der Waals surface area (Å²) < 4.78 is 0. The van der Waals surface area contributed by atoms with Gasteiger partial charge in [0.2, 0.25) is 0 Å². The molecule has 0 radical (unpaired) electrons. The van der Waals surface area contributed by atoms with Gasteiger partial charge in [0.1, 0.15) is 5.78 Å². The second-order valence-electron chi connectivity index (χ2n) is 4.42. The summed E-state index contributed by atoms with van der Waals surface area (Å²) >= 11 is 0. The molecule has 0 N–H and O–H groups in total. The van der Waals surface area contributed by atoms with Crippen molar-refractivity contribution in [2.75, 3.05) is 19.6 Å². The fourth-order valence-corrected chi connectivity index (χ4v) is 1.93. The number of hydrogen-bond donors (Lipinski definition) is 0. The van der Waals surface area contributed by atoms with E-state index in [-0.39, 0.29) is 0 Å². The Bertz CT molecular complexity index is 356. The zero-order valence-corrected chi connectivity index (χ0v) is 11.2. The molecule has 0 unspecified atom stereocenters. The van der Waals surface area contributed by atoms with E-state index in [0.717, 1.165) is 25.2 Å². The molecule has 0 saturated heterocycles. The van der Waals surface area contributed by atoms with E-state index in [0.29, 0.717) is 18.6 Å².